The highest BCUT2D eigenvalue weighted by Gasteiger charge is 2.49. The van der Waals surface area contributed by atoms with E-state index in [1.54, 1.807) is 48.5 Å². The zero-order valence-corrected chi connectivity index (χ0v) is 24.9. The second-order valence-electron chi connectivity index (χ2n) is 10.1. The number of rotatable bonds is 11. The highest BCUT2D eigenvalue weighted by Crippen LogP contribution is 2.29. The minimum Gasteiger partial charge on any atom is -0.467 e. The van der Waals surface area contributed by atoms with Gasteiger partial charge in [-0.15, -0.1) is 0 Å². The summed E-state index contributed by atoms with van der Waals surface area (Å²) in [4.78, 5) is 36.1. The van der Waals surface area contributed by atoms with Crippen molar-refractivity contribution in [1.29, 1.82) is 5.41 Å². The molecule has 44 heavy (non-hydrogen) atoms. The number of nitrogens with two attached hydrogens (primary N) is 2. The summed E-state index contributed by atoms with van der Waals surface area (Å²) in [6.45, 7) is 0. The molecular weight excluding hydrogens is 584 g/mol. The lowest BCUT2D eigenvalue weighted by Crippen LogP contribution is -2.63. The molecule has 0 bridgehead atoms. The Labute approximate surface area is 254 Å². The van der Waals surface area contributed by atoms with Gasteiger partial charge in [-0.25, -0.2) is 18.0 Å². The Morgan fingerprint density at radius 2 is 1.48 bits per heavy atom. The van der Waals surface area contributed by atoms with Crippen molar-refractivity contribution in [1.82, 2.24) is 5.32 Å². The maximum absolute atomic E-state index is 14.3. The lowest BCUT2D eigenvalue weighted by molar-refractivity contribution is -0.145. The van der Waals surface area contributed by atoms with Crippen molar-refractivity contribution in [2.75, 3.05) is 14.2 Å². The number of carbonyl (C=O) groups excluding carboxylic acids is 3. The van der Waals surface area contributed by atoms with Gasteiger partial charge in [-0.1, -0.05) is 60.7 Å². The van der Waals surface area contributed by atoms with Crippen molar-refractivity contribution in [3.05, 3.63) is 113 Å². The molecule has 4 aromatic carbocycles. The van der Waals surface area contributed by atoms with Crippen LogP contribution in [0, 0.1) is 5.41 Å². The quantitative estimate of drug-likeness (QED) is 0.111. The summed E-state index contributed by atoms with van der Waals surface area (Å²) in [5.41, 5.74) is 13.6. The summed E-state index contributed by atoms with van der Waals surface area (Å²) in [6.07, 6.45) is -0.657. The highest BCUT2D eigenvalue weighted by atomic mass is 32.2. The maximum Gasteiger partial charge on any atom is 0.337 e. The molecule has 228 valence electrons. The molecule has 1 amide bonds. The Balaban J connectivity index is 1.77. The minimum atomic E-state index is -4.63. The van der Waals surface area contributed by atoms with Crippen LogP contribution in [0.5, 0.6) is 0 Å². The van der Waals surface area contributed by atoms with E-state index in [0.29, 0.717) is 22.1 Å². The average molecular weight is 617 g/mol. The number of benzene rings is 4. The summed E-state index contributed by atoms with van der Waals surface area (Å²) < 4.78 is 38.2. The van der Waals surface area contributed by atoms with Crippen LogP contribution in [-0.2, 0) is 41.7 Å². The van der Waals surface area contributed by atoms with E-state index >= 15 is 0 Å². The van der Waals surface area contributed by atoms with Crippen LogP contribution < -0.4 is 16.8 Å². The summed E-state index contributed by atoms with van der Waals surface area (Å²) in [7, 11) is -2.27. The van der Waals surface area contributed by atoms with E-state index in [1.165, 1.54) is 37.4 Å². The molecule has 0 radical (unpaired) electrons. The van der Waals surface area contributed by atoms with Crippen LogP contribution in [0.2, 0.25) is 0 Å². The number of ether oxygens (including phenoxy) is 2. The molecule has 0 unspecified atom stereocenters. The number of nitrogen functional groups attached to an aromatic ring is 1. The number of hydrogen-bond donors (Lipinski definition) is 4. The van der Waals surface area contributed by atoms with Crippen LogP contribution in [0.25, 0.3) is 10.8 Å². The number of sulfone groups is 1. The number of hydrogen-bond acceptors (Lipinski definition) is 9. The molecule has 0 spiro atoms. The highest BCUT2D eigenvalue weighted by molar-refractivity contribution is 7.93. The van der Waals surface area contributed by atoms with Gasteiger partial charge >= 0.3 is 11.9 Å². The summed E-state index contributed by atoms with van der Waals surface area (Å²) in [6, 6.07) is 22.6. The predicted molar refractivity (Wildman–Crippen MR) is 165 cm³/mol. The number of methoxy groups -OCH3 is 2. The predicted octanol–water partition coefficient (Wildman–Crippen LogP) is 2.48. The summed E-state index contributed by atoms with van der Waals surface area (Å²) >= 11 is 0. The van der Waals surface area contributed by atoms with Gasteiger partial charge < -0.3 is 26.3 Å². The van der Waals surface area contributed by atoms with Gasteiger partial charge in [-0.05, 0) is 52.2 Å². The fourth-order valence-electron chi connectivity index (χ4n) is 4.79. The molecule has 0 aliphatic rings. The van der Waals surface area contributed by atoms with Gasteiger partial charge in [0.05, 0.1) is 24.7 Å². The summed E-state index contributed by atoms with van der Waals surface area (Å²) in [5.74, 6) is -2.86. The van der Waals surface area contributed by atoms with Gasteiger partial charge in [0, 0.05) is 18.4 Å². The molecule has 0 aliphatic heterocycles. The number of esters is 2. The van der Waals surface area contributed by atoms with Crippen molar-refractivity contribution >= 4 is 44.3 Å². The van der Waals surface area contributed by atoms with Crippen LogP contribution in [0.1, 0.15) is 27.0 Å². The Bertz CT molecular complexity index is 1860. The van der Waals surface area contributed by atoms with Crippen LogP contribution in [0.3, 0.4) is 0 Å². The maximum atomic E-state index is 14.3. The van der Waals surface area contributed by atoms with E-state index in [2.05, 4.69) is 5.32 Å². The third-order valence-corrected chi connectivity index (χ3v) is 9.34. The van der Waals surface area contributed by atoms with Crippen molar-refractivity contribution in [3.8, 4) is 0 Å². The smallest absolute Gasteiger partial charge is 0.337 e. The van der Waals surface area contributed by atoms with Gasteiger partial charge in [0.15, 0.2) is 0 Å². The topological polar surface area (TPSA) is 192 Å². The first-order valence-corrected chi connectivity index (χ1v) is 14.9. The first kappa shape index (κ1) is 31.9. The first-order chi connectivity index (χ1) is 20.9. The third-order valence-electron chi connectivity index (χ3n) is 7.18. The fraction of sp³-hybridized carbons (Fsp3) is 0.188. The van der Waals surface area contributed by atoms with Crippen molar-refractivity contribution in [3.63, 3.8) is 0 Å². The molecule has 4 aromatic rings. The van der Waals surface area contributed by atoms with E-state index < -0.39 is 45.0 Å². The van der Waals surface area contributed by atoms with E-state index in [0.717, 1.165) is 12.5 Å². The second kappa shape index (κ2) is 13.1. The van der Waals surface area contributed by atoms with Crippen molar-refractivity contribution in [2.24, 2.45) is 11.5 Å². The molecule has 11 nitrogen and oxygen atoms in total. The molecular formula is C32H32N4O7S. The lowest BCUT2D eigenvalue weighted by Gasteiger charge is -2.30. The molecule has 0 fully saturated rings. The van der Waals surface area contributed by atoms with E-state index in [1.807, 2.05) is 12.1 Å². The minimum absolute atomic E-state index is 0.144. The van der Waals surface area contributed by atoms with Gasteiger partial charge in [-0.2, -0.15) is 0 Å². The molecule has 6 N–H and O–H groups in total. The van der Waals surface area contributed by atoms with Gasteiger partial charge in [0.25, 0.3) is 5.91 Å². The van der Waals surface area contributed by atoms with Crippen molar-refractivity contribution in [2.45, 2.75) is 28.6 Å². The summed E-state index contributed by atoms with van der Waals surface area (Å²) in [5, 5.41) is 11.7. The zero-order valence-electron chi connectivity index (χ0n) is 24.1. The van der Waals surface area contributed by atoms with Gasteiger partial charge in [0.1, 0.15) is 11.9 Å². The Morgan fingerprint density at radius 1 is 0.841 bits per heavy atom. The Kier molecular flexibility index (Phi) is 9.46. The second-order valence-corrected chi connectivity index (χ2v) is 12.3. The number of amides is 1. The average Bonchev–Trinajstić information content (AvgIpc) is 3.03. The first-order valence-electron chi connectivity index (χ1n) is 13.4. The van der Waals surface area contributed by atoms with E-state index in [9.17, 15) is 22.8 Å². The van der Waals surface area contributed by atoms with Crippen LogP contribution in [0.15, 0.2) is 95.9 Å². The Hall–Kier alpha value is -5.07. The third kappa shape index (κ3) is 6.61. The number of carbonyl (C=O) groups is 3. The molecule has 2 atom stereocenters. The number of amidine groups is 1. The molecule has 0 saturated heterocycles. The standard InChI is InChI=1S/C32H32N4O7S/c1-42-29(37)25-12-5-7-20(15-25)17-27(30(38)43-2)36-31(39)32(35,19-21-8-6-11-24(16-21)28(33)34)44(40,41)26-14-13-22-9-3-4-10-23(22)18-26/h3-16,18,27H,17,19,35H2,1-2H3,(H3,33,34)(H,36,39)/t27-,32+/m0/s1. The fourth-order valence-corrected chi connectivity index (χ4v) is 6.40. The molecule has 0 aliphatic carbocycles. The molecule has 0 heterocycles. The molecule has 0 saturated carbocycles. The largest absolute Gasteiger partial charge is 0.467 e. The monoisotopic (exact) mass is 616 g/mol. The Morgan fingerprint density at radius 3 is 2.14 bits per heavy atom. The lowest BCUT2D eigenvalue weighted by atomic mass is 10.0. The molecule has 4 rings (SSSR count). The zero-order chi connectivity index (χ0) is 32.1. The number of fused-ring (bicyclic) bond motifs is 1. The SMILES string of the molecule is COC(=O)c1cccc(C[C@H](NC(=O)[C@@](N)(Cc2cccc(C(=N)N)c2)S(=O)(=O)c2ccc3ccccc3c2)C(=O)OC)c1. The normalized spacial score (nSPS) is 13.3. The van der Waals surface area contributed by atoms with Crippen LogP contribution in [-0.4, -0.2) is 57.2 Å². The van der Waals surface area contributed by atoms with Crippen LogP contribution in [0.4, 0.5) is 0 Å². The van der Waals surface area contributed by atoms with Gasteiger partial charge in [0.2, 0.25) is 14.7 Å². The van der Waals surface area contributed by atoms with Gasteiger partial charge in [-0.3, -0.25) is 10.2 Å². The molecule has 12 heteroatoms. The van der Waals surface area contributed by atoms with E-state index in [4.69, 9.17) is 26.4 Å². The van der Waals surface area contributed by atoms with E-state index in [-0.39, 0.29) is 22.7 Å². The molecule has 0 aromatic heterocycles. The number of nitrogens with one attached hydrogen (secondary N) is 2. The van der Waals surface area contributed by atoms with Crippen LogP contribution >= 0.6 is 0 Å². The van der Waals surface area contributed by atoms with Crippen molar-refractivity contribution < 1.29 is 32.3 Å².